The van der Waals surface area contributed by atoms with Gasteiger partial charge in [-0.1, -0.05) is 0 Å². The van der Waals surface area contributed by atoms with Crippen molar-refractivity contribution < 1.29 is 0 Å². The van der Waals surface area contributed by atoms with Crippen LogP contribution in [0.4, 0.5) is 0 Å². The lowest BCUT2D eigenvalue weighted by Gasteiger charge is -2.20. The van der Waals surface area contributed by atoms with Crippen LogP contribution in [0.3, 0.4) is 0 Å². The average Bonchev–Trinajstić information content (AvgIpc) is 2.76. The van der Waals surface area contributed by atoms with Crippen molar-refractivity contribution in [2.75, 3.05) is 0 Å². The minimum absolute atomic E-state index is 0.585. The van der Waals surface area contributed by atoms with Gasteiger partial charge >= 0.3 is 0 Å². The molecule has 16 heavy (non-hydrogen) atoms. The van der Waals surface area contributed by atoms with Crippen LogP contribution in [0.15, 0.2) is 30.7 Å². The maximum atomic E-state index is 4.69. The first kappa shape index (κ1) is 9.58. The number of aryl methyl sites for hydroxylation is 1. The van der Waals surface area contributed by atoms with Gasteiger partial charge in [-0.3, -0.25) is 4.98 Å². The zero-order valence-electron chi connectivity index (χ0n) is 9.43. The van der Waals surface area contributed by atoms with E-state index in [0.717, 1.165) is 17.7 Å². The van der Waals surface area contributed by atoms with E-state index in [1.54, 1.807) is 6.20 Å². The van der Waals surface area contributed by atoms with Gasteiger partial charge in [0.15, 0.2) is 0 Å². The predicted octanol–water partition coefficient (Wildman–Crippen LogP) is 2.84. The molecule has 2 aromatic heterocycles. The second-order valence-corrected chi connectivity index (χ2v) is 4.43. The Hall–Kier alpha value is -1.64. The molecule has 0 aromatic carbocycles. The molecule has 0 saturated carbocycles. The Labute approximate surface area is 95.2 Å². The number of rotatable bonds is 1. The molecule has 3 nitrogen and oxygen atoms in total. The number of imidazole rings is 1. The first-order chi connectivity index (χ1) is 7.84. The zero-order chi connectivity index (χ0) is 11.0. The molecule has 3 heterocycles. The van der Waals surface area contributed by atoms with E-state index in [1.807, 2.05) is 12.3 Å². The second kappa shape index (κ2) is 3.74. The fourth-order valence-corrected chi connectivity index (χ4v) is 2.35. The third-order valence-corrected chi connectivity index (χ3v) is 3.26. The molecule has 1 atom stereocenters. The first-order valence-electron chi connectivity index (χ1n) is 5.83. The monoisotopic (exact) mass is 213 g/mol. The first-order valence-corrected chi connectivity index (χ1v) is 5.83. The highest BCUT2D eigenvalue weighted by Gasteiger charge is 2.18. The lowest BCUT2D eigenvalue weighted by molar-refractivity contribution is 0.426. The standard InChI is InChI=1S/C13H15N3/c1-10-4-2-6-13-15-12(9-16(10)13)11-5-3-7-14-8-11/h3,5,7-10H,2,4,6H2,1H3. The summed E-state index contributed by atoms with van der Waals surface area (Å²) in [6.45, 7) is 2.26. The summed E-state index contributed by atoms with van der Waals surface area (Å²) >= 11 is 0. The van der Waals surface area contributed by atoms with Crippen LogP contribution in [0.2, 0.25) is 0 Å². The van der Waals surface area contributed by atoms with Crippen LogP contribution in [0.25, 0.3) is 11.3 Å². The topological polar surface area (TPSA) is 30.7 Å². The number of hydrogen-bond donors (Lipinski definition) is 0. The van der Waals surface area contributed by atoms with Crippen molar-refractivity contribution >= 4 is 0 Å². The number of fused-ring (bicyclic) bond motifs is 1. The maximum absolute atomic E-state index is 4.69. The lowest BCUT2D eigenvalue weighted by Crippen LogP contribution is -2.14. The molecule has 0 aliphatic carbocycles. The highest BCUT2D eigenvalue weighted by atomic mass is 15.1. The number of nitrogens with zero attached hydrogens (tertiary/aromatic N) is 3. The second-order valence-electron chi connectivity index (χ2n) is 4.43. The molecule has 0 N–H and O–H groups in total. The summed E-state index contributed by atoms with van der Waals surface area (Å²) in [6, 6.07) is 4.60. The molecule has 0 radical (unpaired) electrons. The van der Waals surface area contributed by atoms with Gasteiger partial charge in [-0.05, 0) is 31.9 Å². The van der Waals surface area contributed by atoms with Gasteiger partial charge in [-0.25, -0.2) is 4.98 Å². The van der Waals surface area contributed by atoms with E-state index in [2.05, 4.69) is 28.7 Å². The Morgan fingerprint density at radius 3 is 3.12 bits per heavy atom. The van der Waals surface area contributed by atoms with Crippen LogP contribution in [-0.2, 0) is 6.42 Å². The van der Waals surface area contributed by atoms with Crippen LogP contribution in [0, 0.1) is 0 Å². The van der Waals surface area contributed by atoms with Crippen LogP contribution >= 0.6 is 0 Å². The highest BCUT2D eigenvalue weighted by molar-refractivity contribution is 5.57. The number of aromatic nitrogens is 3. The van der Waals surface area contributed by atoms with Gasteiger partial charge in [-0.15, -0.1) is 0 Å². The molecule has 3 heteroatoms. The van der Waals surface area contributed by atoms with Crippen LogP contribution in [0.1, 0.15) is 31.6 Å². The Balaban J connectivity index is 2.05. The number of hydrogen-bond acceptors (Lipinski definition) is 2. The largest absolute Gasteiger partial charge is 0.331 e. The maximum Gasteiger partial charge on any atom is 0.109 e. The highest BCUT2D eigenvalue weighted by Crippen LogP contribution is 2.27. The van der Waals surface area contributed by atoms with E-state index in [1.165, 1.54) is 18.7 Å². The van der Waals surface area contributed by atoms with E-state index >= 15 is 0 Å². The Bertz CT molecular complexity index is 487. The SMILES string of the molecule is CC1CCCc2nc(-c3cccnc3)cn21. The van der Waals surface area contributed by atoms with Crippen LogP contribution in [0.5, 0.6) is 0 Å². The molecule has 1 aliphatic heterocycles. The molecule has 1 unspecified atom stereocenters. The van der Waals surface area contributed by atoms with Crippen molar-refractivity contribution in [3.05, 3.63) is 36.5 Å². The van der Waals surface area contributed by atoms with E-state index < -0.39 is 0 Å². The number of pyridine rings is 1. The van der Waals surface area contributed by atoms with Crippen LogP contribution < -0.4 is 0 Å². The Morgan fingerprint density at radius 1 is 1.44 bits per heavy atom. The average molecular weight is 213 g/mol. The molecule has 0 spiro atoms. The molecule has 0 amide bonds. The molecule has 82 valence electrons. The smallest absolute Gasteiger partial charge is 0.109 e. The zero-order valence-corrected chi connectivity index (χ0v) is 9.43. The lowest BCUT2D eigenvalue weighted by atomic mass is 10.1. The molecule has 0 saturated heterocycles. The van der Waals surface area contributed by atoms with Gasteiger partial charge in [0.1, 0.15) is 5.82 Å². The summed E-state index contributed by atoms with van der Waals surface area (Å²) in [5.41, 5.74) is 2.16. The van der Waals surface area contributed by atoms with Gasteiger partial charge in [0.05, 0.1) is 5.69 Å². The van der Waals surface area contributed by atoms with Crippen molar-refractivity contribution in [2.45, 2.75) is 32.2 Å². The van der Waals surface area contributed by atoms with Crippen molar-refractivity contribution in [3.63, 3.8) is 0 Å². The van der Waals surface area contributed by atoms with Gasteiger partial charge in [-0.2, -0.15) is 0 Å². The van der Waals surface area contributed by atoms with E-state index in [9.17, 15) is 0 Å². The predicted molar refractivity (Wildman–Crippen MR) is 63.1 cm³/mol. The summed E-state index contributed by atoms with van der Waals surface area (Å²) in [6.07, 6.45) is 9.45. The van der Waals surface area contributed by atoms with Crippen molar-refractivity contribution in [2.24, 2.45) is 0 Å². The molecule has 3 rings (SSSR count). The minimum atomic E-state index is 0.585. The molecule has 2 aromatic rings. The van der Waals surface area contributed by atoms with Gasteiger partial charge in [0.25, 0.3) is 0 Å². The Kier molecular flexibility index (Phi) is 2.24. The molecule has 0 fully saturated rings. The third-order valence-electron chi connectivity index (χ3n) is 3.26. The van der Waals surface area contributed by atoms with Crippen LogP contribution in [-0.4, -0.2) is 14.5 Å². The van der Waals surface area contributed by atoms with Crippen molar-refractivity contribution in [3.8, 4) is 11.3 Å². The summed E-state index contributed by atoms with van der Waals surface area (Å²) < 4.78 is 2.31. The van der Waals surface area contributed by atoms with Crippen molar-refractivity contribution in [1.82, 2.24) is 14.5 Å². The van der Waals surface area contributed by atoms with Gasteiger partial charge in [0, 0.05) is 36.6 Å². The van der Waals surface area contributed by atoms with E-state index in [4.69, 9.17) is 4.98 Å². The van der Waals surface area contributed by atoms with E-state index in [0.29, 0.717) is 6.04 Å². The minimum Gasteiger partial charge on any atom is -0.331 e. The summed E-state index contributed by atoms with van der Waals surface area (Å²) in [5.74, 6) is 1.22. The summed E-state index contributed by atoms with van der Waals surface area (Å²) in [5, 5.41) is 0. The fourth-order valence-electron chi connectivity index (χ4n) is 2.35. The van der Waals surface area contributed by atoms with E-state index in [-0.39, 0.29) is 0 Å². The van der Waals surface area contributed by atoms with Gasteiger partial charge in [0.2, 0.25) is 0 Å². The Morgan fingerprint density at radius 2 is 2.38 bits per heavy atom. The quantitative estimate of drug-likeness (QED) is 0.729. The third kappa shape index (κ3) is 1.52. The fraction of sp³-hybridized carbons (Fsp3) is 0.385. The summed E-state index contributed by atoms with van der Waals surface area (Å²) in [4.78, 5) is 8.83. The molecule has 0 bridgehead atoms. The van der Waals surface area contributed by atoms with Crippen molar-refractivity contribution in [1.29, 1.82) is 0 Å². The van der Waals surface area contributed by atoms with Gasteiger partial charge < -0.3 is 4.57 Å². The summed E-state index contributed by atoms with van der Waals surface area (Å²) in [7, 11) is 0. The normalized spacial score (nSPS) is 19.4. The molecule has 1 aliphatic rings. The molecular formula is C13H15N3. The molecular weight excluding hydrogens is 198 g/mol.